The molecule has 3 nitrogen and oxygen atoms in total. The van der Waals surface area contributed by atoms with Crippen LogP contribution in [0, 0.1) is 5.92 Å². The molecule has 4 rings (SSSR count). The van der Waals surface area contributed by atoms with Gasteiger partial charge in [-0.25, -0.2) is 0 Å². The second kappa shape index (κ2) is 8.05. The molecule has 2 aliphatic heterocycles. The predicted octanol–water partition coefficient (Wildman–Crippen LogP) is 4.50. The van der Waals surface area contributed by atoms with Crippen molar-refractivity contribution in [3.05, 3.63) is 35.4 Å². The van der Waals surface area contributed by atoms with Gasteiger partial charge in [-0.3, -0.25) is 9.69 Å². The van der Waals surface area contributed by atoms with E-state index in [0.717, 1.165) is 44.6 Å². The summed E-state index contributed by atoms with van der Waals surface area (Å²) in [5, 5.41) is 0. The molecule has 2 heterocycles. The predicted molar refractivity (Wildman–Crippen MR) is 102 cm³/mol. The smallest absolute Gasteiger partial charge is 0.338 e. The second-order valence-electron chi connectivity index (χ2n) is 8.59. The number of hydrogen-bond acceptors (Lipinski definition) is 2. The molecule has 1 aliphatic carbocycles. The number of amides is 1. The molecule has 1 amide bonds. The Morgan fingerprint density at radius 1 is 0.929 bits per heavy atom. The summed E-state index contributed by atoms with van der Waals surface area (Å²) >= 11 is 0. The molecule has 6 heteroatoms. The van der Waals surface area contributed by atoms with E-state index < -0.39 is 11.7 Å². The van der Waals surface area contributed by atoms with E-state index in [0.29, 0.717) is 17.5 Å². The van der Waals surface area contributed by atoms with E-state index in [2.05, 4.69) is 9.80 Å². The number of alkyl halides is 3. The van der Waals surface area contributed by atoms with Crippen molar-refractivity contribution in [3.8, 4) is 0 Å². The molecule has 3 aliphatic rings. The molecule has 0 bridgehead atoms. The molecule has 0 aromatic heterocycles. The van der Waals surface area contributed by atoms with E-state index in [1.165, 1.54) is 44.2 Å². The Morgan fingerprint density at radius 2 is 1.61 bits per heavy atom. The van der Waals surface area contributed by atoms with E-state index in [4.69, 9.17) is 0 Å². The summed E-state index contributed by atoms with van der Waals surface area (Å²) in [5.41, 5.74) is -0.00299. The van der Waals surface area contributed by atoms with Crippen molar-refractivity contribution < 1.29 is 18.0 Å². The second-order valence-corrected chi connectivity index (χ2v) is 8.59. The summed E-state index contributed by atoms with van der Waals surface area (Å²) in [4.78, 5) is 17.8. The van der Waals surface area contributed by atoms with Gasteiger partial charge in [-0.1, -0.05) is 18.6 Å². The highest BCUT2D eigenvalue weighted by atomic mass is 19.4. The third kappa shape index (κ3) is 4.07. The summed E-state index contributed by atoms with van der Waals surface area (Å²) in [6, 6.07) is 5.78. The van der Waals surface area contributed by atoms with Crippen LogP contribution in [0.4, 0.5) is 13.2 Å². The summed E-state index contributed by atoms with van der Waals surface area (Å²) < 4.78 is 38.3. The minimum absolute atomic E-state index is 0.0700. The van der Waals surface area contributed by atoms with Crippen LogP contribution < -0.4 is 0 Å². The Bertz CT molecular complexity index is 680. The first-order valence-corrected chi connectivity index (χ1v) is 10.6. The van der Waals surface area contributed by atoms with Gasteiger partial charge in [-0.2, -0.15) is 13.2 Å². The number of rotatable bonds is 3. The van der Waals surface area contributed by atoms with Gasteiger partial charge in [-0.15, -0.1) is 0 Å². The van der Waals surface area contributed by atoms with Crippen LogP contribution in [0.2, 0.25) is 0 Å². The van der Waals surface area contributed by atoms with Gasteiger partial charge in [-0.05, 0) is 75.2 Å². The number of nitrogens with zero attached hydrogens (tertiary/aromatic N) is 2. The summed E-state index contributed by atoms with van der Waals surface area (Å²) in [5.74, 6) is 0.644. The number of hydrogen-bond donors (Lipinski definition) is 0. The minimum Gasteiger partial charge on any atom is -0.338 e. The number of carbonyl (C=O) groups excluding carboxylic acids is 1. The van der Waals surface area contributed by atoms with Crippen molar-refractivity contribution in [2.45, 2.75) is 69.6 Å². The summed E-state index contributed by atoms with van der Waals surface area (Å²) in [6.45, 7) is 3.05. The molecule has 28 heavy (non-hydrogen) atoms. The van der Waals surface area contributed by atoms with E-state index in [9.17, 15) is 18.0 Å². The van der Waals surface area contributed by atoms with Gasteiger partial charge in [0, 0.05) is 12.6 Å². The average Bonchev–Trinajstić information content (AvgIpc) is 3.21. The molecule has 0 unspecified atom stereocenters. The van der Waals surface area contributed by atoms with E-state index in [1.54, 1.807) is 0 Å². The highest BCUT2D eigenvalue weighted by Crippen LogP contribution is 2.39. The average molecular weight is 394 g/mol. The lowest BCUT2D eigenvalue weighted by atomic mass is 9.74. The van der Waals surface area contributed by atoms with Gasteiger partial charge < -0.3 is 4.90 Å². The maximum Gasteiger partial charge on any atom is 0.416 e. The van der Waals surface area contributed by atoms with Crippen LogP contribution in [-0.2, 0) is 17.4 Å². The molecular weight excluding hydrogens is 365 g/mol. The maximum atomic E-state index is 13.1. The van der Waals surface area contributed by atoms with Crippen LogP contribution in [0.5, 0.6) is 0 Å². The van der Waals surface area contributed by atoms with E-state index in [1.807, 2.05) is 0 Å². The van der Waals surface area contributed by atoms with Crippen LogP contribution >= 0.6 is 0 Å². The first-order chi connectivity index (χ1) is 13.4. The normalized spacial score (nSPS) is 29.0. The molecule has 3 atom stereocenters. The lowest BCUT2D eigenvalue weighted by Gasteiger charge is -2.51. The van der Waals surface area contributed by atoms with E-state index >= 15 is 0 Å². The molecule has 3 fully saturated rings. The zero-order valence-electron chi connectivity index (χ0n) is 16.3. The molecular formula is C22H29F3N2O. The molecule has 154 valence electrons. The monoisotopic (exact) mass is 394 g/mol. The number of carbonyl (C=O) groups is 1. The Hall–Kier alpha value is -1.56. The molecule has 1 aromatic rings. The third-order valence-corrected chi connectivity index (χ3v) is 6.85. The maximum absolute atomic E-state index is 13.1. The number of piperidine rings is 1. The zero-order chi connectivity index (χ0) is 19.7. The summed E-state index contributed by atoms with van der Waals surface area (Å²) in [6.07, 6.45) is 4.15. The topological polar surface area (TPSA) is 23.6 Å². The van der Waals surface area contributed by atoms with Crippen LogP contribution in [0.3, 0.4) is 0 Å². The van der Waals surface area contributed by atoms with Crippen LogP contribution in [0.15, 0.2) is 24.3 Å². The van der Waals surface area contributed by atoms with E-state index in [-0.39, 0.29) is 18.4 Å². The molecule has 1 saturated carbocycles. The minimum atomic E-state index is -4.34. The molecule has 1 aromatic carbocycles. The fraction of sp³-hybridized carbons (Fsp3) is 0.682. The highest BCUT2D eigenvalue weighted by molar-refractivity contribution is 5.79. The first kappa shape index (κ1) is 19.7. The standard InChI is InChI=1S/C22H29F3N2O/c23-22(24,25)18-10-8-16(9-11-18)15-20(28)27-14-4-6-17-5-3-7-19(21(17)27)26-12-1-2-13-26/h8-11,17,19,21H,1-7,12-15H2/t17-,19+,21+/m0/s1. The van der Waals surface area contributed by atoms with Gasteiger partial charge in [0.1, 0.15) is 0 Å². The Balaban J connectivity index is 1.48. The third-order valence-electron chi connectivity index (χ3n) is 6.85. The molecule has 0 radical (unpaired) electrons. The van der Waals surface area contributed by atoms with Gasteiger partial charge in [0.15, 0.2) is 0 Å². The van der Waals surface area contributed by atoms with Crippen LogP contribution in [0.25, 0.3) is 0 Å². The Kier molecular flexibility index (Phi) is 5.68. The lowest BCUT2D eigenvalue weighted by molar-refractivity contribution is -0.139. The fourth-order valence-electron chi connectivity index (χ4n) is 5.55. The van der Waals surface area contributed by atoms with Crippen molar-refractivity contribution in [2.75, 3.05) is 19.6 Å². The quantitative estimate of drug-likeness (QED) is 0.753. The van der Waals surface area contributed by atoms with Crippen molar-refractivity contribution in [2.24, 2.45) is 5.92 Å². The van der Waals surface area contributed by atoms with Crippen LogP contribution in [-0.4, -0.2) is 47.4 Å². The number of benzene rings is 1. The van der Waals surface area contributed by atoms with Gasteiger partial charge in [0.25, 0.3) is 0 Å². The fourth-order valence-corrected chi connectivity index (χ4v) is 5.55. The van der Waals surface area contributed by atoms with Crippen LogP contribution in [0.1, 0.15) is 56.1 Å². The Morgan fingerprint density at radius 3 is 2.29 bits per heavy atom. The van der Waals surface area contributed by atoms with Crippen molar-refractivity contribution in [1.29, 1.82) is 0 Å². The SMILES string of the molecule is O=C(Cc1ccc(C(F)(F)F)cc1)N1CCC[C@@H]2CCC[C@@H](N3CCCC3)[C@@H]21. The van der Waals surface area contributed by atoms with Crippen molar-refractivity contribution in [3.63, 3.8) is 0 Å². The van der Waals surface area contributed by atoms with Gasteiger partial charge in [0.05, 0.1) is 18.0 Å². The van der Waals surface area contributed by atoms with Gasteiger partial charge >= 0.3 is 6.18 Å². The molecule has 0 N–H and O–H groups in total. The van der Waals surface area contributed by atoms with Crippen molar-refractivity contribution >= 4 is 5.91 Å². The van der Waals surface area contributed by atoms with Crippen molar-refractivity contribution in [1.82, 2.24) is 9.80 Å². The molecule has 2 saturated heterocycles. The number of likely N-dealkylation sites (tertiary alicyclic amines) is 2. The number of halogens is 3. The lowest BCUT2D eigenvalue weighted by Crippen LogP contribution is -2.60. The number of fused-ring (bicyclic) bond motifs is 1. The highest BCUT2D eigenvalue weighted by Gasteiger charge is 2.44. The summed E-state index contributed by atoms with van der Waals surface area (Å²) in [7, 11) is 0. The first-order valence-electron chi connectivity index (χ1n) is 10.6. The molecule has 0 spiro atoms. The zero-order valence-corrected chi connectivity index (χ0v) is 16.3. The van der Waals surface area contributed by atoms with Gasteiger partial charge in [0.2, 0.25) is 5.91 Å². The Labute approximate surface area is 164 Å². The largest absolute Gasteiger partial charge is 0.416 e.